The Hall–Kier alpha value is -0.770. The van der Waals surface area contributed by atoms with Crippen molar-refractivity contribution in [2.75, 3.05) is 20.8 Å². The topological polar surface area (TPSA) is 60.2 Å². The van der Waals surface area contributed by atoms with Gasteiger partial charge in [-0.3, -0.25) is 4.57 Å². The lowest BCUT2D eigenvalue weighted by atomic mass is 10.0. The third kappa shape index (κ3) is 1.69. The number of rotatable bonds is 4. The molecule has 0 amide bonds. The smallest absolute Gasteiger partial charge is 0.310 e. The second-order valence-electron chi connectivity index (χ2n) is 3.67. The Bertz CT molecular complexity index is 391. The van der Waals surface area contributed by atoms with Gasteiger partial charge < -0.3 is 9.05 Å². The van der Waals surface area contributed by atoms with Crippen LogP contribution in [0.4, 0.5) is 0 Å². The molecule has 0 saturated carbocycles. The summed E-state index contributed by atoms with van der Waals surface area (Å²) in [6, 6.07) is 0. The predicted molar refractivity (Wildman–Crippen MR) is 62.6 cm³/mol. The molecule has 0 aromatic rings. The fourth-order valence-electron chi connectivity index (χ4n) is 1.77. The van der Waals surface area contributed by atoms with E-state index in [0.29, 0.717) is 6.54 Å². The molecule has 0 fully saturated rings. The summed E-state index contributed by atoms with van der Waals surface area (Å²) in [6.45, 7) is 7.93. The summed E-state index contributed by atoms with van der Waals surface area (Å²) in [5.41, 5.74) is 1.83. The monoisotopic (exact) mass is 244 g/mol. The number of azo groups is 1. The molecule has 0 aromatic carbocycles. The van der Waals surface area contributed by atoms with Gasteiger partial charge in [-0.2, -0.15) is 10.2 Å². The molecule has 0 spiro atoms. The first-order chi connectivity index (χ1) is 7.47. The fourth-order valence-corrected chi connectivity index (χ4v) is 3.49. The quantitative estimate of drug-likeness (QED) is 0.563. The molecule has 0 radical (unpaired) electrons. The standard InChI is InChI=1S/C10H17N2O3P/c1-6-10(16(13,14-4)15-5)9(8(2)3)7-11-12-10/h6H,1,7H2,2-5H3. The molecule has 0 aromatic heterocycles. The van der Waals surface area contributed by atoms with Crippen molar-refractivity contribution >= 4 is 7.60 Å². The van der Waals surface area contributed by atoms with E-state index >= 15 is 0 Å². The van der Waals surface area contributed by atoms with Crippen LogP contribution in [0.2, 0.25) is 0 Å². The van der Waals surface area contributed by atoms with Crippen LogP contribution in [-0.4, -0.2) is 26.0 Å². The first kappa shape index (κ1) is 13.3. The highest BCUT2D eigenvalue weighted by Gasteiger charge is 2.54. The molecule has 1 heterocycles. The van der Waals surface area contributed by atoms with Crippen molar-refractivity contribution in [3.05, 3.63) is 23.8 Å². The minimum Gasteiger partial charge on any atom is -0.310 e. The third-order valence-electron chi connectivity index (χ3n) is 2.68. The second kappa shape index (κ2) is 4.62. The molecular formula is C10H17N2O3P. The molecule has 6 heteroatoms. The predicted octanol–water partition coefficient (Wildman–Crippen LogP) is 3.16. The molecule has 0 bridgehead atoms. The van der Waals surface area contributed by atoms with Crippen LogP contribution in [0.15, 0.2) is 34.0 Å². The minimum atomic E-state index is -3.41. The van der Waals surface area contributed by atoms with Gasteiger partial charge in [0.15, 0.2) is 0 Å². The van der Waals surface area contributed by atoms with Gasteiger partial charge in [0.05, 0.1) is 6.54 Å². The van der Waals surface area contributed by atoms with Crippen molar-refractivity contribution in [2.45, 2.75) is 19.1 Å². The van der Waals surface area contributed by atoms with Crippen LogP contribution in [0.3, 0.4) is 0 Å². The van der Waals surface area contributed by atoms with Crippen LogP contribution in [0.5, 0.6) is 0 Å². The van der Waals surface area contributed by atoms with Crippen molar-refractivity contribution in [1.82, 2.24) is 0 Å². The van der Waals surface area contributed by atoms with Gasteiger partial charge in [0.1, 0.15) is 0 Å². The molecule has 1 atom stereocenters. The van der Waals surface area contributed by atoms with E-state index < -0.39 is 12.9 Å². The molecule has 0 aliphatic carbocycles. The lowest BCUT2D eigenvalue weighted by Gasteiger charge is -2.29. The van der Waals surface area contributed by atoms with Crippen LogP contribution in [0.1, 0.15) is 13.8 Å². The number of allylic oxidation sites excluding steroid dienone is 1. The first-order valence-corrected chi connectivity index (χ1v) is 6.42. The van der Waals surface area contributed by atoms with Crippen LogP contribution in [-0.2, 0) is 13.6 Å². The largest absolute Gasteiger partial charge is 0.367 e. The summed E-state index contributed by atoms with van der Waals surface area (Å²) in [4.78, 5) is 0. The zero-order valence-electron chi connectivity index (χ0n) is 10.1. The van der Waals surface area contributed by atoms with Crippen molar-refractivity contribution < 1.29 is 13.6 Å². The van der Waals surface area contributed by atoms with E-state index in [2.05, 4.69) is 16.8 Å². The summed E-state index contributed by atoms with van der Waals surface area (Å²) in [5, 5.41) is 6.82. The van der Waals surface area contributed by atoms with Crippen LogP contribution < -0.4 is 0 Å². The molecule has 1 aliphatic heterocycles. The number of hydrogen-bond acceptors (Lipinski definition) is 5. The van der Waals surface area contributed by atoms with Crippen LogP contribution in [0, 0.1) is 0 Å². The normalized spacial score (nSPS) is 24.9. The van der Waals surface area contributed by atoms with Gasteiger partial charge in [0.25, 0.3) is 0 Å². The maximum Gasteiger partial charge on any atom is 0.367 e. The zero-order valence-corrected chi connectivity index (χ0v) is 11.0. The summed E-state index contributed by atoms with van der Waals surface area (Å²) < 4.78 is 22.6. The van der Waals surface area contributed by atoms with Crippen LogP contribution >= 0.6 is 7.60 Å². The van der Waals surface area contributed by atoms with Crippen molar-refractivity contribution in [3.8, 4) is 0 Å². The summed E-state index contributed by atoms with van der Waals surface area (Å²) >= 11 is 0. The van der Waals surface area contributed by atoms with Gasteiger partial charge in [0.2, 0.25) is 5.28 Å². The summed E-state index contributed by atoms with van der Waals surface area (Å²) in [7, 11) is -0.728. The Labute approximate surface area is 95.8 Å². The molecule has 1 rings (SSSR count). The lowest BCUT2D eigenvalue weighted by Crippen LogP contribution is -2.26. The number of hydrogen-bond donors (Lipinski definition) is 0. The van der Waals surface area contributed by atoms with Gasteiger partial charge in [-0.25, -0.2) is 0 Å². The van der Waals surface area contributed by atoms with Gasteiger partial charge in [-0.05, 0) is 25.5 Å². The molecular weight excluding hydrogens is 227 g/mol. The molecule has 0 saturated heterocycles. The Kier molecular flexibility index (Phi) is 3.84. The van der Waals surface area contributed by atoms with E-state index in [1.54, 1.807) is 0 Å². The minimum absolute atomic E-state index is 0.408. The van der Waals surface area contributed by atoms with Crippen LogP contribution in [0.25, 0.3) is 0 Å². The maximum atomic E-state index is 12.5. The Morgan fingerprint density at radius 1 is 1.50 bits per heavy atom. The van der Waals surface area contributed by atoms with Crippen molar-refractivity contribution in [1.29, 1.82) is 0 Å². The number of nitrogens with zero attached hydrogens (tertiary/aromatic N) is 2. The average Bonchev–Trinajstić information content (AvgIpc) is 2.73. The highest BCUT2D eigenvalue weighted by molar-refractivity contribution is 7.56. The van der Waals surface area contributed by atoms with Gasteiger partial charge in [-0.1, -0.05) is 12.2 Å². The fraction of sp³-hybridized carbons (Fsp3) is 0.600. The van der Waals surface area contributed by atoms with E-state index in [9.17, 15) is 4.57 Å². The molecule has 16 heavy (non-hydrogen) atoms. The van der Waals surface area contributed by atoms with E-state index in [1.165, 1.54) is 20.3 Å². The Morgan fingerprint density at radius 2 is 2.06 bits per heavy atom. The highest BCUT2D eigenvalue weighted by Crippen LogP contribution is 2.65. The summed E-state index contributed by atoms with van der Waals surface area (Å²) in [6.07, 6.45) is 1.49. The molecule has 0 N–H and O–H groups in total. The van der Waals surface area contributed by atoms with E-state index in [0.717, 1.165) is 11.1 Å². The van der Waals surface area contributed by atoms with Gasteiger partial charge in [0, 0.05) is 14.2 Å². The molecule has 1 unspecified atom stereocenters. The van der Waals surface area contributed by atoms with Gasteiger partial charge in [-0.15, -0.1) is 0 Å². The van der Waals surface area contributed by atoms with E-state index in [-0.39, 0.29) is 0 Å². The van der Waals surface area contributed by atoms with Gasteiger partial charge >= 0.3 is 7.60 Å². The molecule has 5 nitrogen and oxygen atoms in total. The Balaban J connectivity index is 3.43. The lowest BCUT2D eigenvalue weighted by molar-refractivity contribution is 0.261. The average molecular weight is 244 g/mol. The zero-order chi connectivity index (χ0) is 12.4. The van der Waals surface area contributed by atoms with E-state index in [1.807, 2.05) is 13.8 Å². The molecule has 90 valence electrons. The SMILES string of the molecule is C=CC1(P(=O)(OC)OC)N=NCC1=C(C)C. The van der Waals surface area contributed by atoms with E-state index in [4.69, 9.17) is 9.05 Å². The van der Waals surface area contributed by atoms with Crippen molar-refractivity contribution in [2.24, 2.45) is 10.2 Å². The molecule has 1 aliphatic rings. The first-order valence-electron chi connectivity index (χ1n) is 4.88. The van der Waals surface area contributed by atoms with Crippen molar-refractivity contribution in [3.63, 3.8) is 0 Å². The second-order valence-corrected chi connectivity index (χ2v) is 6.08. The highest BCUT2D eigenvalue weighted by atomic mass is 31.2. The maximum absolute atomic E-state index is 12.5. The summed E-state index contributed by atoms with van der Waals surface area (Å²) in [5.74, 6) is 0. The third-order valence-corrected chi connectivity index (χ3v) is 5.02. The Morgan fingerprint density at radius 3 is 2.44 bits per heavy atom.